The van der Waals surface area contributed by atoms with Crippen LogP contribution in [0.1, 0.15) is 18.0 Å². The maximum Gasteiger partial charge on any atom is 0.387 e. The quantitative estimate of drug-likeness (QED) is 0.625. The Morgan fingerprint density at radius 2 is 1.78 bits per heavy atom. The molecule has 144 valence electrons. The molecule has 0 aliphatic heterocycles. The lowest BCUT2D eigenvalue weighted by molar-refractivity contribution is -0.116. The fourth-order valence-corrected chi connectivity index (χ4v) is 2.64. The number of hydrogen-bond acceptors (Lipinski definition) is 3. The van der Waals surface area contributed by atoms with E-state index >= 15 is 0 Å². The van der Waals surface area contributed by atoms with Gasteiger partial charge < -0.3 is 21.1 Å². The van der Waals surface area contributed by atoms with Gasteiger partial charge in [0.25, 0.3) is 0 Å². The monoisotopic (exact) mass is 417 g/mol. The van der Waals surface area contributed by atoms with Gasteiger partial charge in [0.05, 0.1) is 17.5 Å². The third kappa shape index (κ3) is 6.58. The first-order valence-electron chi connectivity index (χ1n) is 7.60. The molecule has 0 spiro atoms. The Balaban J connectivity index is 2.08. The average Bonchev–Trinajstić information content (AvgIpc) is 2.56. The number of ether oxygens (including phenoxy) is 1. The molecule has 0 aliphatic rings. The van der Waals surface area contributed by atoms with Crippen LogP contribution in [-0.4, -0.2) is 18.5 Å². The van der Waals surface area contributed by atoms with E-state index in [0.29, 0.717) is 10.6 Å². The molecule has 0 bridgehead atoms. The van der Waals surface area contributed by atoms with E-state index in [4.69, 9.17) is 28.9 Å². The maximum absolute atomic E-state index is 12.3. The smallest absolute Gasteiger partial charge is 0.387 e. The van der Waals surface area contributed by atoms with Gasteiger partial charge in [0, 0.05) is 10.7 Å². The third-order valence-corrected chi connectivity index (χ3v) is 3.96. The fraction of sp³-hybridized carbons (Fsp3) is 0.176. The Morgan fingerprint density at radius 1 is 1.11 bits per heavy atom. The Kier molecular flexibility index (Phi) is 7.20. The molecule has 0 aliphatic carbocycles. The van der Waals surface area contributed by atoms with E-state index in [2.05, 4.69) is 15.4 Å². The molecule has 0 fully saturated rings. The van der Waals surface area contributed by atoms with Crippen LogP contribution in [0.2, 0.25) is 10.0 Å². The molecule has 2 rings (SSSR count). The minimum absolute atomic E-state index is 0.0855. The lowest BCUT2D eigenvalue weighted by Crippen LogP contribution is -2.35. The minimum Gasteiger partial charge on any atom is -0.433 e. The van der Waals surface area contributed by atoms with E-state index < -0.39 is 24.6 Å². The van der Waals surface area contributed by atoms with E-state index in [9.17, 15) is 18.4 Å². The van der Waals surface area contributed by atoms with Crippen molar-refractivity contribution in [2.75, 3.05) is 5.32 Å². The van der Waals surface area contributed by atoms with Crippen molar-refractivity contribution in [3.05, 3.63) is 58.1 Å². The molecule has 0 aromatic heterocycles. The summed E-state index contributed by atoms with van der Waals surface area (Å²) in [5.41, 5.74) is 6.07. The van der Waals surface area contributed by atoms with Crippen molar-refractivity contribution in [3.63, 3.8) is 0 Å². The predicted octanol–water partition coefficient (Wildman–Crippen LogP) is 4.33. The van der Waals surface area contributed by atoms with Crippen LogP contribution in [0.25, 0.3) is 0 Å². The van der Waals surface area contributed by atoms with E-state index in [1.807, 2.05) is 0 Å². The van der Waals surface area contributed by atoms with E-state index in [1.165, 1.54) is 18.2 Å². The molecule has 10 heteroatoms. The molecule has 27 heavy (non-hydrogen) atoms. The van der Waals surface area contributed by atoms with E-state index in [0.717, 1.165) is 0 Å². The Bertz CT molecular complexity index is 820. The molecule has 6 nitrogen and oxygen atoms in total. The van der Waals surface area contributed by atoms with Crippen LogP contribution in [0, 0.1) is 0 Å². The molecule has 1 unspecified atom stereocenters. The zero-order chi connectivity index (χ0) is 20.0. The van der Waals surface area contributed by atoms with Crippen molar-refractivity contribution in [1.82, 2.24) is 5.32 Å². The second-order valence-electron chi connectivity index (χ2n) is 5.39. The van der Waals surface area contributed by atoms with E-state index in [1.54, 1.807) is 24.3 Å². The summed E-state index contributed by atoms with van der Waals surface area (Å²) in [6.07, 6.45) is -0.128. The zero-order valence-electron chi connectivity index (χ0n) is 13.7. The van der Waals surface area contributed by atoms with Crippen molar-refractivity contribution in [3.8, 4) is 5.75 Å². The van der Waals surface area contributed by atoms with Gasteiger partial charge in [-0.2, -0.15) is 8.78 Å². The molecule has 4 N–H and O–H groups in total. The SMILES string of the molecule is NC(=O)NC(CC(=O)Nc1ccc(OC(F)F)c(Cl)c1)c1ccc(Cl)cc1. The van der Waals surface area contributed by atoms with Gasteiger partial charge in [-0.15, -0.1) is 0 Å². The molecule has 0 radical (unpaired) electrons. The van der Waals surface area contributed by atoms with Gasteiger partial charge in [0.1, 0.15) is 5.75 Å². The van der Waals surface area contributed by atoms with Crippen molar-refractivity contribution in [1.29, 1.82) is 0 Å². The highest BCUT2D eigenvalue weighted by atomic mass is 35.5. The number of benzene rings is 2. The summed E-state index contributed by atoms with van der Waals surface area (Å²) >= 11 is 11.7. The number of amides is 3. The van der Waals surface area contributed by atoms with Crippen LogP contribution in [0.4, 0.5) is 19.3 Å². The average molecular weight is 418 g/mol. The number of anilines is 1. The van der Waals surface area contributed by atoms with Gasteiger partial charge in [-0.3, -0.25) is 4.79 Å². The number of nitrogens with one attached hydrogen (secondary N) is 2. The highest BCUT2D eigenvalue weighted by molar-refractivity contribution is 6.32. The van der Waals surface area contributed by atoms with Crippen LogP contribution in [0.3, 0.4) is 0 Å². The number of halogens is 4. The van der Waals surface area contributed by atoms with Crippen LogP contribution >= 0.6 is 23.2 Å². The first kappa shape index (κ1) is 20.7. The number of carbonyl (C=O) groups is 2. The summed E-state index contributed by atoms with van der Waals surface area (Å²) in [6.45, 7) is -3.01. The van der Waals surface area contributed by atoms with Crippen molar-refractivity contribution in [2.45, 2.75) is 19.1 Å². The largest absolute Gasteiger partial charge is 0.433 e. The lowest BCUT2D eigenvalue weighted by Gasteiger charge is -2.18. The first-order valence-corrected chi connectivity index (χ1v) is 8.36. The number of nitrogens with two attached hydrogens (primary N) is 1. The van der Waals surface area contributed by atoms with Crippen molar-refractivity contribution < 1.29 is 23.1 Å². The number of urea groups is 1. The fourth-order valence-electron chi connectivity index (χ4n) is 2.29. The standard InChI is InChI=1S/C17H15Cl2F2N3O3/c18-10-3-1-9(2-4-10)13(24-17(22)26)8-15(25)23-11-5-6-14(12(19)7-11)27-16(20)21/h1-7,13,16H,8H2,(H,23,25)(H3,22,24,26). The molecule has 2 aromatic carbocycles. The summed E-state index contributed by atoms with van der Waals surface area (Å²) in [4.78, 5) is 23.5. The van der Waals surface area contributed by atoms with Crippen molar-refractivity contribution in [2.24, 2.45) is 5.73 Å². The Hall–Kier alpha value is -2.58. The summed E-state index contributed by atoms with van der Waals surface area (Å²) in [5, 5.41) is 5.46. The number of primary amides is 1. The lowest BCUT2D eigenvalue weighted by atomic mass is 10.0. The minimum atomic E-state index is -3.01. The van der Waals surface area contributed by atoms with Crippen LogP contribution in [-0.2, 0) is 4.79 Å². The summed E-state index contributed by atoms with van der Waals surface area (Å²) < 4.78 is 28.7. The molecule has 0 saturated carbocycles. The zero-order valence-corrected chi connectivity index (χ0v) is 15.2. The molecule has 1 atom stereocenters. The highest BCUT2D eigenvalue weighted by Crippen LogP contribution is 2.29. The topological polar surface area (TPSA) is 93.5 Å². The van der Waals surface area contributed by atoms with Crippen LogP contribution in [0.5, 0.6) is 5.75 Å². The molecule has 2 aromatic rings. The molecule has 3 amide bonds. The summed E-state index contributed by atoms with van der Waals surface area (Å²) in [6, 6.07) is 8.92. The van der Waals surface area contributed by atoms with Crippen molar-refractivity contribution >= 4 is 40.8 Å². The third-order valence-electron chi connectivity index (χ3n) is 3.41. The van der Waals surface area contributed by atoms with Gasteiger partial charge in [0.2, 0.25) is 5.91 Å². The number of rotatable bonds is 7. The first-order chi connectivity index (χ1) is 12.7. The molecule has 0 heterocycles. The number of carbonyl (C=O) groups excluding carboxylic acids is 2. The van der Waals surface area contributed by atoms with Crippen LogP contribution < -0.4 is 21.1 Å². The van der Waals surface area contributed by atoms with Gasteiger partial charge >= 0.3 is 12.6 Å². The normalized spacial score (nSPS) is 11.7. The maximum atomic E-state index is 12.3. The second-order valence-corrected chi connectivity index (χ2v) is 6.23. The molecule has 0 saturated heterocycles. The second kappa shape index (κ2) is 9.38. The number of alkyl halides is 2. The van der Waals surface area contributed by atoms with Gasteiger partial charge in [0.15, 0.2) is 0 Å². The van der Waals surface area contributed by atoms with Crippen LogP contribution in [0.15, 0.2) is 42.5 Å². The summed E-state index contributed by atoms with van der Waals surface area (Å²) in [7, 11) is 0. The van der Waals surface area contributed by atoms with E-state index in [-0.39, 0.29) is 22.9 Å². The summed E-state index contributed by atoms with van der Waals surface area (Å²) in [5.74, 6) is -0.665. The number of hydrogen-bond donors (Lipinski definition) is 3. The van der Waals surface area contributed by atoms with Gasteiger partial charge in [-0.1, -0.05) is 35.3 Å². The van der Waals surface area contributed by atoms with Gasteiger partial charge in [-0.05, 0) is 35.9 Å². The Morgan fingerprint density at radius 3 is 2.33 bits per heavy atom. The van der Waals surface area contributed by atoms with Gasteiger partial charge in [-0.25, -0.2) is 4.79 Å². The molecular formula is C17H15Cl2F2N3O3. The molecular weight excluding hydrogens is 403 g/mol. The highest BCUT2D eigenvalue weighted by Gasteiger charge is 2.18. The predicted molar refractivity (Wildman–Crippen MR) is 98.2 cm³/mol. The Labute approximate surface area is 163 Å².